The van der Waals surface area contributed by atoms with Gasteiger partial charge in [0.05, 0.1) is 25.2 Å². The van der Waals surface area contributed by atoms with Crippen molar-refractivity contribution in [2.24, 2.45) is 0 Å². The van der Waals surface area contributed by atoms with E-state index in [1.807, 2.05) is 0 Å². The van der Waals surface area contributed by atoms with Crippen LogP contribution in [0.1, 0.15) is 10.4 Å². The maximum Gasteiger partial charge on any atom is 0.200 e. The van der Waals surface area contributed by atoms with Gasteiger partial charge in [0.15, 0.2) is 29.3 Å². The summed E-state index contributed by atoms with van der Waals surface area (Å²) in [6.07, 6.45) is 1.40. The Labute approximate surface area is 188 Å². The van der Waals surface area contributed by atoms with Crippen LogP contribution >= 0.6 is 11.6 Å². The van der Waals surface area contributed by atoms with Crippen molar-refractivity contribution in [3.63, 3.8) is 0 Å². The van der Waals surface area contributed by atoms with E-state index in [1.54, 1.807) is 67.8 Å². The van der Waals surface area contributed by atoms with E-state index in [-0.39, 0.29) is 17.8 Å². The predicted octanol–water partition coefficient (Wildman–Crippen LogP) is 5.39. The van der Waals surface area contributed by atoms with Crippen LogP contribution in [0.2, 0.25) is 5.02 Å². The minimum absolute atomic E-state index is 0.152. The van der Waals surface area contributed by atoms with Crippen LogP contribution < -0.4 is 19.6 Å². The molecule has 0 N–H and O–H groups in total. The van der Waals surface area contributed by atoms with E-state index < -0.39 is 0 Å². The molecule has 3 aromatic carbocycles. The molecule has 0 saturated carbocycles. The Bertz CT molecular complexity index is 1340. The second-order valence-corrected chi connectivity index (χ2v) is 7.36. The number of ketones is 1. The summed E-state index contributed by atoms with van der Waals surface area (Å²) in [5.74, 6) is 1.31. The molecule has 4 aromatic rings. The number of rotatable bonds is 7. The summed E-state index contributed by atoms with van der Waals surface area (Å²) in [6, 6.07) is 16.6. The first-order valence-corrected chi connectivity index (χ1v) is 10.1. The molecule has 0 saturated heterocycles. The topological polar surface area (TPSA) is 75.0 Å². The normalized spacial score (nSPS) is 10.7. The number of carbonyl (C=O) groups is 1. The van der Waals surface area contributed by atoms with Gasteiger partial charge >= 0.3 is 0 Å². The Hall–Kier alpha value is -3.77. The Kier molecular flexibility index (Phi) is 6.14. The SMILES string of the molecule is COc1ccc(-c2coc3cc(OCC(=O)c4ccc(Cl)cc4)ccc3c2=O)cc1OC. The molecule has 0 unspecified atom stereocenters. The minimum Gasteiger partial charge on any atom is -0.493 e. The van der Waals surface area contributed by atoms with Gasteiger partial charge in [-0.05, 0) is 54.1 Å². The number of hydrogen-bond donors (Lipinski definition) is 0. The fraction of sp³-hybridized carbons (Fsp3) is 0.120. The van der Waals surface area contributed by atoms with Gasteiger partial charge in [0.2, 0.25) is 0 Å². The van der Waals surface area contributed by atoms with Crippen LogP contribution in [-0.2, 0) is 0 Å². The number of fused-ring (bicyclic) bond motifs is 1. The lowest BCUT2D eigenvalue weighted by atomic mass is 10.0. The third kappa shape index (κ3) is 4.31. The molecule has 4 rings (SSSR count). The highest BCUT2D eigenvalue weighted by Gasteiger charge is 2.13. The van der Waals surface area contributed by atoms with E-state index in [0.29, 0.717) is 49.9 Å². The van der Waals surface area contributed by atoms with E-state index in [1.165, 1.54) is 13.4 Å². The van der Waals surface area contributed by atoms with Gasteiger partial charge in [-0.25, -0.2) is 0 Å². The lowest BCUT2D eigenvalue weighted by Crippen LogP contribution is -2.11. The lowest BCUT2D eigenvalue weighted by molar-refractivity contribution is 0.0921. The van der Waals surface area contributed by atoms with Gasteiger partial charge in [0.25, 0.3) is 0 Å². The predicted molar refractivity (Wildman–Crippen MR) is 122 cm³/mol. The molecule has 0 fully saturated rings. The highest BCUT2D eigenvalue weighted by atomic mass is 35.5. The van der Waals surface area contributed by atoms with Crippen LogP contribution in [0.25, 0.3) is 22.1 Å². The maximum atomic E-state index is 13.0. The average molecular weight is 451 g/mol. The van der Waals surface area contributed by atoms with Crippen molar-refractivity contribution >= 4 is 28.4 Å². The molecule has 7 heteroatoms. The van der Waals surface area contributed by atoms with E-state index in [0.717, 1.165) is 0 Å². The number of Topliss-reactive ketones (excluding diaryl/α,β-unsaturated/α-hetero) is 1. The second-order valence-electron chi connectivity index (χ2n) is 6.92. The van der Waals surface area contributed by atoms with Crippen molar-refractivity contribution in [1.29, 1.82) is 0 Å². The molecular weight excluding hydrogens is 432 g/mol. The fourth-order valence-corrected chi connectivity index (χ4v) is 3.40. The summed E-state index contributed by atoms with van der Waals surface area (Å²) < 4.78 is 21.9. The molecule has 0 spiro atoms. The van der Waals surface area contributed by atoms with Gasteiger partial charge in [-0.3, -0.25) is 9.59 Å². The first-order valence-electron chi connectivity index (χ1n) is 9.69. The van der Waals surface area contributed by atoms with Crippen molar-refractivity contribution in [1.82, 2.24) is 0 Å². The van der Waals surface area contributed by atoms with Crippen LogP contribution in [0.15, 0.2) is 76.1 Å². The number of ether oxygens (including phenoxy) is 3. The Morgan fingerprint density at radius 3 is 2.41 bits per heavy atom. The molecule has 1 aromatic heterocycles. The second kappa shape index (κ2) is 9.16. The Morgan fingerprint density at radius 1 is 0.938 bits per heavy atom. The van der Waals surface area contributed by atoms with E-state index in [2.05, 4.69) is 0 Å². The number of halogens is 1. The molecule has 0 amide bonds. The molecule has 0 aliphatic heterocycles. The van der Waals surface area contributed by atoms with Gasteiger partial charge in [0.1, 0.15) is 17.6 Å². The number of hydrogen-bond acceptors (Lipinski definition) is 6. The zero-order valence-corrected chi connectivity index (χ0v) is 18.1. The van der Waals surface area contributed by atoms with Crippen molar-refractivity contribution in [2.45, 2.75) is 0 Å². The first-order chi connectivity index (χ1) is 15.5. The van der Waals surface area contributed by atoms with Crippen molar-refractivity contribution in [3.8, 4) is 28.4 Å². The van der Waals surface area contributed by atoms with Crippen LogP contribution in [0.5, 0.6) is 17.2 Å². The number of carbonyl (C=O) groups excluding carboxylic acids is 1. The molecule has 0 aliphatic carbocycles. The van der Waals surface area contributed by atoms with Gasteiger partial charge < -0.3 is 18.6 Å². The summed E-state index contributed by atoms with van der Waals surface area (Å²) >= 11 is 5.85. The van der Waals surface area contributed by atoms with Crippen LogP contribution in [0, 0.1) is 0 Å². The largest absolute Gasteiger partial charge is 0.493 e. The third-order valence-corrected chi connectivity index (χ3v) is 5.23. The molecule has 1 heterocycles. The molecule has 0 atom stereocenters. The first kappa shape index (κ1) is 21.5. The third-order valence-electron chi connectivity index (χ3n) is 4.98. The lowest BCUT2D eigenvalue weighted by Gasteiger charge is -2.10. The van der Waals surface area contributed by atoms with E-state index in [4.69, 9.17) is 30.2 Å². The van der Waals surface area contributed by atoms with Gasteiger partial charge in [-0.2, -0.15) is 0 Å². The highest BCUT2D eigenvalue weighted by molar-refractivity contribution is 6.30. The fourth-order valence-electron chi connectivity index (χ4n) is 3.27. The zero-order chi connectivity index (χ0) is 22.7. The highest BCUT2D eigenvalue weighted by Crippen LogP contribution is 2.32. The molecule has 0 radical (unpaired) electrons. The summed E-state index contributed by atoms with van der Waals surface area (Å²) in [6.45, 7) is -0.152. The zero-order valence-electron chi connectivity index (χ0n) is 17.4. The van der Waals surface area contributed by atoms with Crippen LogP contribution in [0.3, 0.4) is 0 Å². The Balaban J connectivity index is 1.58. The smallest absolute Gasteiger partial charge is 0.200 e. The van der Waals surface area contributed by atoms with Gasteiger partial charge in [-0.15, -0.1) is 0 Å². The Morgan fingerprint density at radius 2 is 1.69 bits per heavy atom. The van der Waals surface area contributed by atoms with Crippen molar-refractivity contribution < 1.29 is 23.4 Å². The van der Waals surface area contributed by atoms with Gasteiger partial charge in [-0.1, -0.05) is 17.7 Å². The number of methoxy groups -OCH3 is 2. The standard InChI is InChI=1S/C25H19ClO6/c1-29-22-10-5-16(11-24(22)30-2)20-13-32-23-12-18(8-9-19(23)25(20)28)31-14-21(27)15-3-6-17(26)7-4-15/h3-13H,14H2,1-2H3. The van der Waals surface area contributed by atoms with Crippen molar-refractivity contribution in [2.75, 3.05) is 20.8 Å². The summed E-state index contributed by atoms with van der Waals surface area (Å²) in [5, 5.41) is 0.952. The molecule has 6 nitrogen and oxygen atoms in total. The summed E-state index contributed by atoms with van der Waals surface area (Å²) in [4.78, 5) is 25.3. The minimum atomic E-state index is -0.192. The molecule has 162 valence electrons. The van der Waals surface area contributed by atoms with E-state index in [9.17, 15) is 9.59 Å². The molecule has 32 heavy (non-hydrogen) atoms. The number of benzene rings is 3. The van der Waals surface area contributed by atoms with E-state index >= 15 is 0 Å². The maximum absolute atomic E-state index is 13.0. The van der Waals surface area contributed by atoms with Crippen molar-refractivity contribution in [3.05, 3.63) is 87.7 Å². The van der Waals surface area contributed by atoms with Gasteiger partial charge in [0, 0.05) is 16.7 Å². The molecule has 0 aliphatic rings. The summed E-state index contributed by atoms with van der Waals surface area (Å²) in [7, 11) is 3.08. The molecule has 0 bridgehead atoms. The van der Waals surface area contributed by atoms with Crippen LogP contribution in [0.4, 0.5) is 0 Å². The summed E-state index contributed by atoms with van der Waals surface area (Å²) in [5.41, 5.74) is 1.71. The average Bonchev–Trinajstić information content (AvgIpc) is 2.82. The quantitative estimate of drug-likeness (QED) is 0.351. The van der Waals surface area contributed by atoms with Crippen LogP contribution in [-0.4, -0.2) is 26.6 Å². The molecular formula is C25H19ClO6. The monoisotopic (exact) mass is 450 g/mol.